The first-order chi connectivity index (χ1) is 11.4. The topological polar surface area (TPSA) is 15.3 Å². The zero-order valence-electron chi connectivity index (χ0n) is 14.5. The number of piperazine rings is 1. The molecule has 0 aromatic heterocycles. The number of hydrogen-bond acceptors (Lipinski definition) is 2. The Bertz CT molecular complexity index is 550. The first kappa shape index (κ1) is 25.7. The van der Waals surface area contributed by atoms with Gasteiger partial charge in [-0.2, -0.15) is 13.2 Å². The highest BCUT2D eigenvalue weighted by atomic mass is 35.5. The van der Waals surface area contributed by atoms with Gasteiger partial charge in [0.15, 0.2) is 0 Å². The van der Waals surface area contributed by atoms with Crippen molar-refractivity contribution in [1.82, 2.24) is 10.2 Å². The Morgan fingerprint density at radius 2 is 1.77 bits per heavy atom. The minimum Gasteiger partial charge on any atom is -0.314 e. The van der Waals surface area contributed by atoms with Crippen molar-refractivity contribution in [2.24, 2.45) is 0 Å². The molecule has 0 amide bonds. The van der Waals surface area contributed by atoms with Gasteiger partial charge in [0.2, 0.25) is 0 Å². The standard InChI is InChI=1S/C17H23ClF4N2.2ClH/c1-2-3-4-5-14(24-10-8-23-9-11-24)15-12(17(20,21)22)6-7-13(18)16(15)19;;/h6-7,14,23H,2-5,8-11H2,1H3;2*1H/t14-;;/m1../s1. The SMILES string of the molecule is CCCCC[C@H](c1c(C(F)(F)F)ccc(Cl)c1F)N1CCNCC1.Cl.Cl. The second-order valence-corrected chi connectivity index (χ2v) is 6.53. The Morgan fingerprint density at radius 3 is 2.31 bits per heavy atom. The van der Waals surface area contributed by atoms with Crippen LogP contribution >= 0.6 is 36.4 Å². The van der Waals surface area contributed by atoms with Crippen LogP contribution in [0.25, 0.3) is 0 Å². The molecule has 1 fully saturated rings. The van der Waals surface area contributed by atoms with Gasteiger partial charge in [-0.25, -0.2) is 4.39 Å². The van der Waals surface area contributed by atoms with E-state index < -0.39 is 23.6 Å². The first-order valence-electron chi connectivity index (χ1n) is 8.36. The monoisotopic (exact) mass is 438 g/mol. The van der Waals surface area contributed by atoms with E-state index >= 15 is 0 Å². The smallest absolute Gasteiger partial charge is 0.314 e. The molecule has 0 bridgehead atoms. The summed E-state index contributed by atoms with van der Waals surface area (Å²) < 4.78 is 54.9. The van der Waals surface area contributed by atoms with Crippen LogP contribution in [0.5, 0.6) is 0 Å². The van der Waals surface area contributed by atoms with Crippen molar-refractivity contribution in [2.75, 3.05) is 26.2 Å². The summed E-state index contributed by atoms with van der Waals surface area (Å²) in [5, 5.41) is 2.92. The van der Waals surface area contributed by atoms with Crippen LogP contribution in [-0.2, 0) is 6.18 Å². The van der Waals surface area contributed by atoms with Crippen LogP contribution in [0.1, 0.15) is 49.8 Å². The first-order valence-corrected chi connectivity index (χ1v) is 8.74. The average Bonchev–Trinajstić information content (AvgIpc) is 2.54. The third kappa shape index (κ3) is 6.41. The van der Waals surface area contributed by atoms with E-state index in [4.69, 9.17) is 11.6 Å². The molecule has 9 heteroatoms. The van der Waals surface area contributed by atoms with Crippen LogP contribution in [0, 0.1) is 5.82 Å². The fraction of sp³-hybridized carbons (Fsp3) is 0.647. The third-order valence-corrected chi connectivity index (χ3v) is 4.74. The highest BCUT2D eigenvalue weighted by Gasteiger charge is 2.39. The molecule has 2 nitrogen and oxygen atoms in total. The quantitative estimate of drug-likeness (QED) is 0.440. The molecular weight excluding hydrogens is 415 g/mol. The summed E-state index contributed by atoms with van der Waals surface area (Å²) in [6, 6.07) is 1.29. The van der Waals surface area contributed by atoms with Gasteiger partial charge in [0.25, 0.3) is 0 Å². The van der Waals surface area contributed by atoms with E-state index in [-0.39, 0.29) is 35.4 Å². The molecule has 1 N–H and O–H groups in total. The van der Waals surface area contributed by atoms with Crippen molar-refractivity contribution in [2.45, 2.75) is 44.8 Å². The largest absolute Gasteiger partial charge is 0.416 e. The molecule has 1 atom stereocenters. The lowest BCUT2D eigenvalue weighted by molar-refractivity contribution is -0.139. The molecule has 0 aliphatic carbocycles. The molecule has 1 aliphatic heterocycles. The fourth-order valence-electron chi connectivity index (χ4n) is 3.23. The number of halogens is 7. The van der Waals surface area contributed by atoms with E-state index in [1.165, 1.54) is 0 Å². The Morgan fingerprint density at radius 1 is 1.15 bits per heavy atom. The molecule has 1 saturated heterocycles. The van der Waals surface area contributed by atoms with E-state index in [1.807, 2.05) is 11.8 Å². The van der Waals surface area contributed by atoms with Crippen LogP contribution in [-0.4, -0.2) is 31.1 Å². The molecule has 1 aromatic rings. The Balaban J connectivity index is 0.00000312. The van der Waals surface area contributed by atoms with E-state index in [0.717, 1.165) is 31.4 Å². The van der Waals surface area contributed by atoms with Gasteiger partial charge in [0.05, 0.1) is 10.6 Å². The lowest BCUT2D eigenvalue weighted by Crippen LogP contribution is -2.45. The second kappa shape index (κ2) is 11.5. The number of benzene rings is 1. The van der Waals surface area contributed by atoms with E-state index in [1.54, 1.807) is 0 Å². The number of nitrogens with one attached hydrogen (secondary N) is 1. The molecule has 0 radical (unpaired) electrons. The highest BCUT2D eigenvalue weighted by molar-refractivity contribution is 6.30. The summed E-state index contributed by atoms with van der Waals surface area (Å²) in [5.41, 5.74) is -1.21. The lowest BCUT2D eigenvalue weighted by Gasteiger charge is -2.36. The Hall–Kier alpha value is -0.270. The van der Waals surface area contributed by atoms with Gasteiger partial charge in [-0.15, -0.1) is 24.8 Å². The predicted octanol–water partition coefficient (Wildman–Crippen LogP) is 5.87. The second-order valence-electron chi connectivity index (χ2n) is 6.12. The molecule has 0 spiro atoms. The summed E-state index contributed by atoms with van der Waals surface area (Å²) in [5.74, 6) is -0.938. The van der Waals surface area contributed by atoms with E-state index in [9.17, 15) is 17.6 Å². The third-order valence-electron chi connectivity index (χ3n) is 4.44. The number of hydrogen-bond donors (Lipinski definition) is 1. The van der Waals surface area contributed by atoms with Gasteiger partial charge in [-0.3, -0.25) is 4.90 Å². The zero-order valence-corrected chi connectivity index (χ0v) is 16.9. The summed E-state index contributed by atoms with van der Waals surface area (Å²) in [7, 11) is 0. The van der Waals surface area contributed by atoms with Crippen molar-refractivity contribution in [1.29, 1.82) is 0 Å². The molecular formula is C17H25Cl3F4N2. The van der Waals surface area contributed by atoms with Gasteiger partial charge in [0, 0.05) is 37.8 Å². The summed E-state index contributed by atoms with van der Waals surface area (Å²) >= 11 is 5.81. The normalized spacial score (nSPS) is 16.5. The van der Waals surface area contributed by atoms with Crippen LogP contribution in [0.15, 0.2) is 12.1 Å². The maximum absolute atomic E-state index is 14.6. The van der Waals surface area contributed by atoms with Gasteiger partial charge in [0.1, 0.15) is 5.82 Å². The zero-order chi connectivity index (χ0) is 17.7. The minimum atomic E-state index is -4.60. The van der Waals surface area contributed by atoms with Gasteiger partial charge in [-0.05, 0) is 18.6 Å². The minimum absolute atomic E-state index is 0. The van der Waals surface area contributed by atoms with Gasteiger partial charge in [-0.1, -0.05) is 37.8 Å². The maximum atomic E-state index is 14.6. The Kier molecular flexibility index (Phi) is 11.4. The number of nitrogens with zero attached hydrogens (tertiary/aromatic N) is 1. The number of rotatable bonds is 6. The van der Waals surface area contributed by atoms with Crippen LogP contribution < -0.4 is 5.32 Å². The molecule has 0 unspecified atom stereocenters. The molecule has 26 heavy (non-hydrogen) atoms. The summed E-state index contributed by atoms with van der Waals surface area (Å²) in [6.45, 7) is 4.60. The van der Waals surface area contributed by atoms with Crippen molar-refractivity contribution in [3.63, 3.8) is 0 Å². The van der Waals surface area contributed by atoms with Gasteiger partial charge >= 0.3 is 6.18 Å². The van der Waals surface area contributed by atoms with Crippen LogP contribution in [0.4, 0.5) is 17.6 Å². The summed E-state index contributed by atoms with van der Waals surface area (Å²) in [6.07, 6.45) is -1.48. The highest BCUT2D eigenvalue weighted by Crippen LogP contribution is 2.41. The molecule has 1 heterocycles. The van der Waals surface area contributed by atoms with Crippen molar-refractivity contribution in [3.05, 3.63) is 34.1 Å². The van der Waals surface area contributed by atoms with E-state index in [0.29, 0.717) is 32.6 Å². The summed E-state index contributed by atoms with van der Waals surface area (Å²) in [4.78, 5) is 1.94. The molecule has 0 saturated carbocycles. The molecule has 152 valence electrons. The molecule has 1 aliphatic rings. The van der Waals surface area contributed by atoms with E-state index in [2.05, 4.69) is 5.32 Å². The lowest BCUT2D eigenvalue weighted by atomic mass is 9.93. The Labute approximate surface area is 169 Å². The fourth-order valence-corrected chi connectivity index (χ4v) is 3.40. The molecule has 2 rings (SSSR count). The number of unbranched alkanes of at least 4 members (excludes halogenated alkanes) is 2. The predicted molar refractivity (Wildman–Crippen MR) is 102 cm³/mol. The van der Waals surface area contributed by atoms with Gasteiger partial charge < -0.3 is 5.32 Å². The van der Waals surface area contributed by atoms with Crippen molar-refractivity contribution >= 4 is 36.4 Å². The van der Waals surface area contributed by atoms with Crippen LogP contribution in [0.2, 0.25) is 5.02 Å². The maximum Gasteiger partial charge on any atom is 0.416 e. The average molecular weight is 440 g/mol. The molecule has 1 aromatic carbocycles. The van der Waals surface area contributed by atoms with Crippen molar-refractivity contribution < 1.29 is 17.6 Å². The number of alkyl halides is 3. The van der Waals surface area contributed by atoms with Crippen LogP contribution in [0.3, 0.4) is 0 Å². The van der Waals surface area contributed by atoms with Crippen molar-refractivity contribution in [3.8, 4) is 0 Å².